The lowest BCUT2D eigenvalue weighted by atomic mass is 10.0. The first kappa shape index (κ1) is 23.3. The van der Waals surface area contributed by atoms with Crippen LogP contribution in [-0.2, 0) is 4.79 Å². The van der Waals surface area contributed by atoms with E-state index in [0.29, 0.717) is 41.7 Å². The minimum atomic E-state index is -0.378. The fraction of sp³-hybridized carbons (Fsp3) is 0.304. The molecule has 1 fully saturated rings. The molecular formula is C23H23ClFN5O2S. The molecule has 0 spiro atoms. The Balaban J connectivity index is 1.27. The number of carbonyl (C=O) groups excluding carboxylic acids is 2. The van der Waals surface area contributed by atoms with Crippen LogP contribution in [0.4, 0.5) is 4.39 Å². The highest BCUT2D eigenvalue weighted by atomic mass is 35.5. The topological polar surface area (TPSA) is 80.1 Å². The standard InChI is InChI=1S/C23H23ClFN5O2S/c1-15-2-7-19(12-20(15)24)30-14-26-28-23(30)33-13-21(31)29-10-8-18(9-11-29)27-22(32)16-3-5-17(25)6-4-16/h2-7,12,14,18H,8-11,13H2,1H3,(H,27,32). The normalized spacial score (nSPS) is 14.3. The molecule has 1 aromatic heterocycles. The third-order valence-corrected chi connectivity index (χ3v) is 6.90. The highest BCUT2D eigenvalue weighted by molar-refractivity contribution is 7.99. The second kappa shape index (κ2) is 10.4. The first-order valence-electron chi connectivity index (χ1n) is 10.5. The third kappa shape index (κ3) is 5.72. The minimum Gasteiger partial charge on any atom is -0.349 e. The van der Waals surface area contributed by atoms with Crippen molar-refractivity contribution in [1.29, 1.82) is 0 Å². The number of amides is 2. The van der Waals surface area contributed by atoms with Gasteiger partial charge in [-0.15, -0.1) is 10.2 Å². The number of halogens is 2. The lowest BCUT2D eigenvalue weighted by molar-refractivity contribution is -0.129. The smallest absolute Gasteiger partial charge is 0.251 e. The van der Waals surface area contributed by atoms with E-state index in [2.05, 4.69) is 15.5 Å². The van der Waals surface area contributed by atoms with E-state index in [9.17, 15) is 14.0 Å². The fourth-order valence-corrected chi connectivity index (χ4v) is 4.60. The largest absolute Gasteiger partial charge is 0.349 e. The number of likely N-dealkylation sites (tertiary alicyclic amines) is 1. The number of piperidine rings is 1. The summed E-state index contributed by atoms with van der Waals surface area (Å²) in [6, 6.07) is 11.1. The van der Waals surface area contributed by atoms with Crippen LogP contribution in [0.5, 0.6) is 0 Å². The summed E-state index contributed by atoms with van der Waals surface area (Å²) < 4.78 is 14.8. The molecular weight excluding hydrogens is 465 g/mol. The molecule has 7 nitrogen and oxygen atoms in total. The van der Waals surface area contributed by atoms with Crippen LogP contribution in [0.25, 0.3) is 5.69 Å². The van der Waals surface area contributed by atoms with Crippen molar-refractivity contribution >= 4 is 35.2 Å². The third-order valence-electron chi connectivity index (χ3n) is 5.56. The van der Waals surface area contributed by atoms with Gasteiger partial charge >= 0.3 is 0 Å². The average molecular weight is 488 g/mol. The molecule has 0 unspecified atom stereocenters. The summed E-state index contributed by atoms with van der Waals surface area (Å²) in [5.41, 5.74) is 2.24. The molecule has 2 heterocycles. The number of hydrogen-bond donors (Lipinski definition) is 1. The molecule has 10 heteroatoms. The SMILES string of the molecule is Cc1ccc(-n2cnnc2SCC(=O)N2CCC(NC(=O)c3ccc(F)cc3)CC2)cc1Cl. The van der Waals surface area contributed by atoms with Gasteiger partial charge < -0.3 is 10.2 Å². The van der Waals surface area contributed by atoms with Crippen LogP contribution < -0.4 is 5.32 Å². The quantitative estimate of drug-likeness (QED) is 0.534. The van der Waals surface area contributed by atoms with E-state index < -0.39 is 0 Å². The van der Waals surface area contributed by atoms with Gasteiger partial charge in [0.15, 0.2) is 5.16 Å². The summed E-state index contributed by atoms with van der Waals surface area (Å²) in [5, 5.41) is 12.3. The summed E-state index contributed by atoms with van der Waals surface area (Å²) in [6.07, 6.45) is 2.94. The lowest BCUT2D eigenvalue weighted by Crippen LogP contribution is -2.47. The maximum Gasteiger partial charge on any atom is 0.251 e. The van der Waals surface area contributed by atoms with Gasteiger partial charge in [0, 0.05) is 29.7 Å². The number of aryl methyl sites for hydroxylation is 1. The molecule has 0 saturated carbocycles. The van der Waals surface area contributed by atoms with Crippen molar-refractivity contribution in [1.82, 2.24) is 25.0 Å². The van der Waals surface area contributed by atoms with Crippen molar-refractivity contribution < 1.29 is 14.0 Å². The second-order valence-electron chi connectivity index (χ2n) is 7.84. The number of carbonyl (C=O) groups is 2. The van der Waals surface area contributed by atoms with Crippen LogP contribution in [0.3, 0.4) is 0 Å². The van der Waals surface area contributed by atoms with Crippen molar-refractivity contribution in [2.45, 2.75) is 31.0 Å². The Hall–Kier alpha value is -2.91. The summed E-state index contributed by atoms with van der Waals surface area (Å²) >= 11 is 7.56. The van der Waals surface area contributed by atoms with Gasteiger partial charge in [0.1, 0.15) is 12.1 Å². The highest BCUT2D eigenvalue weighted by Crippen LogP contribution is 2.24. The maximum absolute atomic E-state index is 13.0. The van der Waals surface area contributed by atoms with Gasteiger partial charge in [0.25, 0.3) is 5.91 Å². The number of rotatable bonds is 6. The first-order chi connectivity index (χ1) is 15.9. The molecule has 2 aromatic carbocycles. The Bertz CT molecular complexity index is 1150. The van der Waals surface area contributed by atoms with Crippen molar-refractivity contribution in [2.24, 2.45) is 0 Å². The van der Waals surface area contributed by atoms with Crippen molar-refractivity contribution in [3.05, 3.63) is 70.8 Å². The molecule has 1 aliphatic heterocycles. The first-order valence-corrected chi connectivity index (χ1v) is 11.9. The molecule has 1 saturated heterocycles. The number of thioether (sulfide) groups is 1. The summed E-state index contributed by atoms with van der Waals surface area (Å²) in [6.45, 7) is 3.06. The van der Waals surface area contributed by atoms with Gasteiger partial charge in [0.05, 0.1) is 11.4 Å². The molecule has 0 aliphatic carbocycles. The van der Waals surface area contributed by atoms with Gasteiger partial charge in [-0.3, -0.25) is 14.2 Å². The van der Waals surface area contributed by atoms with Crippen LogP contribution in [0, 0.1) is 12.7 Å². The molecule has 0 radical (unpaired) electrons. The zero-order valence-electron chi connectivity index (χ0n) is 18.0. The van der Waals surface area contributed by atoms with E-state index in [1.165, 1.54) is 36.0 Å². The molecule has 0 bridgehead atoms. The number of nitrogens with zero attached hydrogens (tertiary/aromatic N) is 4. The van der Waals surface area contributed by atoms with Crippen LogP contribution in [0.2, 0.25) is 5.02 Å². The van der Waals surface area contributed by atoms with Crippen LogP contribution in [0.15, 0.2) is 53.9 Å². The lowest BCUT2D eigenvalue weighted by Gasteiger charge is -2.32. The van der Waals surface area contributed by atoms with Gasteiger partial charge in [-0.1, -0.05) is 29.4 Å². The predicted octanol–water partition coefficient (Wildman–Crippen LogP) is 3.88. The number of nitrogens with one attached hydrogen (secondary N) is 1. The van der Waals surface area contributed by atoms with Gasteiger partial charge in [-0.2, -0.15) is 0 Å². The Labute approximate surface area is 200 Å². The summed E-state index contributed by atoms with van der Waals surface area (Å²) in [5.74, 6) is -0.354. The van der Waals surface area contributed by atoms with Gasteiger partial charge in [-0.25, -0.2) is 4.39 Å². The van der Waals surface area contributed by atoms with E-state index in [0.717, 1.165) is 11.3 Å². The summed E-state index contributed by atoms with van der Waals surface area (Å²) in [7, 11) is 0. The average Bonchev–Trinajstić information content (AvgIpc) is 3.29. The molecule has 1 N–H and O–H groups in total. The highest BCUT2D eigenvalue weighted by Gasteiger charge is 2.24. The van der Waals surface area contributed by atoms with Crippen LogP contribution in [-0.4, -0.2) is 56.4 Å². The maximum atomic E-state index is 13.0. The minimum absolute atomic E-state index is 0.0137. The van der Waals surface area contributed by atoms with E-state index in [4.69, 9.17) is 11.6 Å². The van der Waals surface area contributed by atoms with E-state index in [1.807, 2.05) is 25.1 Å². The Morgan fingerprint density at radius 2 is 1.91 bits per heavy atom. The summed E-state index contributed by atoms with van der Waals surface area (Å²) in [4.78, 5) is 26.8. The Morgan fingerprint density at radius 3 is 2.61 bits per heavy atom. The monoisotopic (exact) mass is 487 g/mol. The van der Waals surface area contributed by atoms with Crippen molar-refractivity contribution in [3.8, 4) is 5.69 Å². The number of aromatic nitrogens is 3. The molecule has 4 rings (SSSR count). The van der Waals surface area contributed by atoms with E-state index >= 15 is 0 Å². The Kier molecular flexibility index (Phi) is 7.29. The zero-order chi connectivity index (χ0) is 23.4. The molecule has 2 amide bonds. The van der Waals surface area contributed by atoms with E-state index in [1.54, 1.807) is 15.8 Å². The van der Waals surface area contributed by atoms with Crippen molar-refractivity contribution in [3.63, 3.8) is 0 Å². The van der Waals surface area contributed by atoms with Crippen molar-refractivity contribution in [2.75, 3.05) is 18.8 Å². The van der Waals surface area contributed by atoms with Crippen LogP contribution >= 0.6 is 23.4 Å². The predicted molar refractivity (Wildman–Crippen MR) is 125 cm³/mol. The molecule has 0 atom stereocenters. The van der Waals surface area contributed by atoms with E-state index in [-0.39, 0.29) is 29.4 Å². The molecule has 33 heavy (non-hydrogen) atoms. The number of hydrogen-bond acceptors (Lipinski definition) is 5. The number of benzene rings is 2. The second-order valence-corrected chi connectivity index (χ2v) is 9.19. The fourth-order valence-electron chi connectivity index (χ4n) is 3.59. The zero-order valence-corrected chi connectivity index (χ0v) is 19.6. The van der Waals surface area contributed by atoms with Gasteiger partial charge in [-0.05, 0) is 61.7 Å². The molecule has 172 valence electrons. The molecule has 3 aromatic rings. The van der Waals surface area contributed by atoms with Gasteiger partial charge in [0.2, 0.25) is 5.91 Å². The van der Waals surface area contributed by atoms with Crippen LogP contribution in [0.1, 0.15) is 28.8 Å². The Morgan fingerprint density at radius 1 is 1.18 bits per heavy atom. The molecule has 1 aliphatic rings.